The second-order valence-corrected chi connectivity index (χ2v) is 3.80. The molecule has 16 heavy (non-hydrogen) atoms. The molecule has 0 bridgehead atoms. The Hall–Kier alpha value is -1.80. The van der Waals surface area contributed by atoms with E-state index in [1.54, 1.807) is 6.08 Å². The summed E-state index contributed by atoms with van der Waals surface area (Å²) in [5, 5.41) is 17.8. The van der Waals surface area contributed by atoms with Crippen LogP contribution in [0.25, 0.3) is 11.1 Å². The molecule has 1 aromatic rings. The van der Waals surface area contributed by atoms with Gasteiger partial charge in [-0.3, -0.25) is 0 Å². The van der Waals surface area contributed by atoms with Gasteiger partial charge >= 0.3 is 11.6 Å². The number of aliphatic hydroxyl groups is 1. The van der Waals surface area contributed by atoms with Gasteiger partial charge < -0.3 is 9.84 Å². The smallest absolute Gasteiger partial charge is 0.463 e. The Kier molecular flexibility index (Phi) is 4.55. The number of ether oxygens (including phenoxy) is 1. The predicted octanol–water partition coefficient (Wildman–Crippen LogP) is 3.69. The maximum Gasteiger partial charge on any atom is 0.463 e. The van der Waals surface area contributed by atoms with Crippen molar-refractivity contribution in [1.29, 1.82) is 5.39 Å². The van der Waals surface area contributed by atoms with Gasteiger partial charge in [-0.25, -0.2) is 0 Å². The van der Waals surface area contributed by atoms with Crippen LogP contribution in [-0.2, 0) is 4.74 Å². The molecule has 0 atom stereocenters. The van der Waals surface area contributed by atoms with E-state index in [0.717, 1.165) is 10.0 Å². The number of hydrogen-bond donors (Lipinski definition) is 1. The molecule has 4 nitrogen and oxygen atoms in total. The average molecular weight is 282 g/mol. The van der Waals surface area contributed by atoms with E-state index < -0.39 is 5.95 Å². The maximum atomic E-state index is 9.18. The first-order valence-corrected chi connectivity index (χ1v) is 5.22. The Bertz CT molecular complexity index is 458. The molecule has 1 N–H and O–H groups in total. The van der Waals surface area contributed by atoms with Crippen molar-refractivity contribution in [3.05, 3.63) is 57.0 Å². The molecule has 0 saturated carbocycles. The molecule has 82 valence electrons. The fourth-order valence-corrected chi connectivity index (χ4v) is 1.27. The van der Waals surface area contributed by atoms with Gasteiger partial charge in [0.2, 0.25) is 5.39 Å². The number of benzene rings is 1. The zero-order valence-corrected chi connectivity index (χ0v) is 10.2. The van der Waals surface area contributed by atoms with Crippen molar-refractivity contribution >= 4 is 22.0 Å². The highest BCUT2D eigenvalue weighted by Crippen LogP contribution is 2.13. The van der Waals surface area contributed by atoms with Gasteiger partial charge in [0.1, 0.15) is 0 Å². The molecule has 0 spiro atoms. The van der Waals surface area contributed by atoms with E-state index in [-0.39, 0.29) is 5.70 Å². The quantitative estimate of drug-likeness (QED) is 0.522. The van der Waals surface area contributed by atoms with Gasteiger partial charge in [0.05, 0.1) is 7.11 Å². The fourth-order valence-electron chi connectivity index (χ4n) is 1.00. The summed E-state index contributed by atoms with van der Waals surface area (Å²) in [5.74, 6) is -0.434. The standard InChI is InChI=1S/C11H9BrN2O2/c1-16-11(15)10(14-13)7-4-8-2-5-9(12)6-3-8/h2-7H,1H3/p+1/b7-4+,11-10+. The van der Waals surface area contributed by atoms with E-state index in [1.165, 1.54) is 13.2 Å². The Labute approximate surface area is 102 Å². The predicted molar refractivity (Wildman–Crippen MR) is 64.9 cm³/mol. The summed E-state index contributed by atoms with van der Waals surface area (Å²) < 4.78 is 5.51. The van der Waals surface area contributed by atoms with E-state index in [4.69, 9.17) is 5.39 Å². The van der Waals surface area contributed by atoms with E-state index in [9.17, 15) is 5.11 Å². The Balaban J connectivity index is 2.89. The van der Waals surface area contributed by atoms with Crippen molar-refractivity contribution in [2.75, 3.05) is 7.11 Å². The number of diazo groups is 1. The molecule has 0 amide bonds. The first kappa shape index (κ1) is 12.3. The Morgan fingerprint density at radius 1 is 1.44 bits per heavy atom. The molecule has 0 aromatic heterocycles. The molecule has 1 aromatic carbocycles. The number of nitrogens with zero attached hydrogens (tertiary/aromatic N) is 2. The highest BCUT2D eigenvalue weighted by atomic mass is 79.9. The minimum atomic E-state index is -0.434. The number of aliphatic hydroxyl groups excluding tert-OH is 1. The van der Waals surface area contributed by atoms with Gasteiger partial charge in [0.25, 0.3) is 0 Å². The number of allylic oxidation sites excluding steroid dienone is 1. The molecular weight excluding hydrogens is 272 g/mol. The molecule has 1 rings (SSSR count). The SMILES string of the molecule is CO/C(O)=C(\C=C\c1ccc(Br)cc1)[N+]#N. The van der Waals surface area contributed by atoms with Crippen LogP contribution in [-0.4, -0.2) is 12.2 Å². The second-order valence-electron chi connectivity index (χ2n) is 2.88. The van der Waals surface area contributed by atoms with Crippen LogP contribution in [0.5, 0.6) is 0 Å². The van der Waals surface area contributed by atoms with Gasteiger partial charge in [-0.15, -0.1) is 0 Å². The van der Waals surface area contributed by atoms with Crippen LogP contribution in [0.2, 0.25) is 0 Å². The van der Waals surface area contributed by atoms with Crippen molar-refractivity contribution in [1.82, 2.24) is 0 Å². The van der Waals surface area contributed by atoms with Gasteiger partial charge in [0, 0.05) is 10.5 Å². The second kappa shape index (κ2) is 5.93. The van der Waals surface area contributed by atoms with Crippen LogP contribution < -0.4 is 0 Å². The molecule has 0 aliphatic heterocycles. The lowest BCUT2D eigenvalue weighted by Crippen LogP contribution is -1.87. The van der Waals surface area contributed by atoms with Crippen molar-refractivity contribution in [3.8, 4) is 0 Å². The molecule has 0 radical (unpaired) electrons. The van der Waals surface area contributed by atoms with Crippen molar-refractivity contribution in [3.63, 3.8) is 0 Å². The summed E-state index contributed by atoms with van der Waals surface area (Å²) in [5.41, 5.74) is 0.874. The van der Waals surface area contributed by atoms with E-state index in [1.807, 2.05) is 24.3 Å². The van der Waals surface area contributed by atoms with E-state index in [2.05, 4.69) is 25.6 Å². The molecule has 0 fully saturated rings. The molecule has 0 heterocycles. The molecule has 0 aliphatic carbocycles. The zero-order chi connectivity index (χ0) is 12.0. The number of rotatable bonds is 3. The van der Waals surface area contributed by atoms with Crippen LogP contribution in [0.3, 0.4) is 0 Å². The fraction of sp³-hybridized carbons (Fsp3) is 0.0909. The summed E-state index contributed by atoms with van der Waals surface area (Å²) in [4.78, 5) is 2.90. The lowest BCUT2D eigenvalue weighted by Gasteiger charge is -1.92. The van der Waals surface area contributed by atoms with Crippen LogP contribution in [0.1, 0.15) is 5.56 Å². The maximum absolute atomic E-state index is 9.18. The molecular formula is C11H10BrN2O2+. The average Bonchev–Trinajstić information content (AvgIpc) is 2.31. The normalized spacial score (nSPS) is 12.1. The molecule has 0 saturated heterocycles. The van der Waals surface area contributed by atoms with Crippen molar-refractivity contribution in [2.45, 2.75) is 0 Å². The van der Waals surface area contributed by atoms with Crippen LogP contribution in [0, 0.1) is 5.39 Å². The van der Waals surface area contributed by atoms with Gasteiger partial charge in [-0.05, 0) is 23.8 Å². The first-order chi connectivity index (χ1) is 7.67. The number of methoxy groups -OCH3 is 1. The molecule has 0 unspecified atom stereocenters. The van der Waals surface area contributed by atoms with Crippen LogP contribution in [0.15, 0.2) is 46.5 Å². The van der Waals surface area contributed by atoms with E-state index >= 15 is 0 Å². The summed E-state index contributed by atoms with van der Waals surface area (Å²) in [6.07, 6.45) is 3.14. The minimum Gasteiger partial charge on any atom is -0.475 e. The third-order valence-corrected chi connectivity index (χ3v) is 2.35. The topological polar surface area (TPSA) is 57.6 Å². The number of hydrogen-bond acceptors (Lipinski definition) is 3. The lowest BCUT2D eigenvalue weighted by molar-refractivity contribution is 0.133. The van der Waals surface area contributed by atoms with Crippen LogP contribution in [0.4, 0.5) is 0 Å². The third kappa shape index (κ3) is 3.41. The minimum absolute atomic E-state index is 0.0366. The van der Waals surface area contributed by atoms with E-state index in [0.29, 0.717) is 0 Å². The van der Waals surface area contributed by atoms with Crippen molar-refractivity contribution in [2.24, 2.45) is 0 Å². The number of halogens is 1. The Morgan fingerprint density at radius 3 is 2.56 bits per heavy atom. The van der Waals surface area contributed by atoms with Crippen LogP contribution >= 0.6 is 15.9 Å². The van der Waals surface area contributed by atoms with Crippen molar-refractivity contribution < 1.29 is 9.84 Å². The Morgan fingerprint density at radius 2 is 2.06 bits per heavy atom. The zero-order valence-electron chi connectivity index (χ0n) is 8.59. The monoisotopic (exact) mass is 281 g/mol. The third-order valence-electron chi connectivity index (χ3n) is 1.82. The largest absolute Gasteiger partial charge is 0.475 e. The highest BCUT2D eigenvalue weighted by Gasteiger charge is 2.15. The first-order valence-electron chi connectivity index (χ1n) is 4.43. The van der Waals surface area contributed by atoms with Gasteiger partial charge in [-0.1, -0.05) is 28.1 Å². The lowest BCUT2D eigenvalue weighted by atomic mass is 10.2. The summed E-state index contributed by atoms with van der Waals surface area (Å²) in [6.45, 7) is 0. The van der Waals surface area contributed by atoms with Gasteiger partial charge in [-0.2, -0.15) is 0 Å². The summed E-state index contributed by atoms with van der Waals surface area (Å²) >= 11 is 3.32. The molecule has 0 aliphatic rings. The van der Waals surface area contributed by atoms with Gasteiger partial charge in [0.15, 0.2) is 4.98 Å². The molecule has 5 heteroatoms. The highest BCUT2D eigenvalue weighted by molar-refractivity contribution is 9.10. The summed E-state index contributed by atoms with van der Waals surface area (Å²) in [7, 11) is 1.29. The summed E-state index contributed by atoms with van der Waals surface area (Å²) in [6, 6.07) is 7.52.